The van der Waals surface area contributed by atoms with E-state index >= 15 is 0 Å². The lowest BCUT2D eigenvalue weighted by Gasteiger charge is -2.09. The van der Waals surface area contributed by atoms with Crippen LogP contribution in [-0.4, -0.2) is 34.9 Å². The van der Waals surface area contributed by atoms with E-state index in [-0.39, 0.29) is 35.2 Å². The first-order valence-electron chi connectivity index (χ1n) is 6.20. The monoisotopic (exact) mass is 337 g/mol. The fourth-order valence-electron chi connectivity index (χ4n) is 1.70. The Morgan fingerprint density at radius 3 is 2.57 bits per heavy atom. The summed E-state index contributed by atoms with van der Waals surface area (Å²) in [7, 11) is -4.06. The average Bonchev–Trinajstić information content (AvgIpc) is 2.89. The highest BCUT2D eigenvalue weighted by Gasteiger charge is 2.21. The molecule has 11 nitrogen and oxygen atoms in total. The molecule has 1 heterocycles. The second-order valence-electron chi connectivity index (χ2n) is 4.27. The summed E-state index contributed by atoms with van der Waals surface area (Å²) in [6.07, 6.45) is 0. The number of nitro benzene ring substituents is 1. The molecular formula is C11H11N7O4S. The van der Waals surface area contributed by atoms with Crippen molar-refractivity contribution < 1.29 is 13.3 Å². The first-order chi connectivity index (χ1) is 10.9. The molecule has 0 radical (unpaired) electrons. The third-order valence-electron chi connectivity index (χ3n) is 2.77. The van der Waals surface area contributed by atoms with Crippen molar-refractivity contribution in [3.05, 3.63) is 40.1 Å². The normalized spacial score (nSPS) is 11.0. The first-order valence-corrected chi connectivity index (χ1v) is 7.68. The molecule has 0 fully saturated rings. The lowest BCUT2D eigenvalue weighted by molar-refractivity contribution is -0.384. The van der Waals surface area contributed by atoms with Crippen LogP contribution < -0.4 is 10.5 Å². The van der Waals surface area contributed by atoms with E-state index in [0.29, 0.717) is 0 Å². The molecule has 0 saturated heterocycles. The van der Waals surface area contributed by atoms with Crippen LogP contribution in [0.3, 0.4) is 0 Å². The van der Waals surface area contributed by atoms with E-state index < -0.39 is 14.9 Å². The lowest BCUT2D eigenvalue weighted by Crippen LogP contribution is -2.19. The number of non-ortho nitro benzene ring substituents is 1. The summed E-state index contributed by atoms with van der Waals surface area (Å²) in [6.45, 7) is 0.327. The minimum Gasteiger partial charge on any atom is -0.329 e. The molecule has 0 aliphatic heterocycles. The Labute approximate surface area is 130 Å². The minimum absolute atomic E-state index is 0.115. The predicted octanol–water partition coefficient (Wildman–Crippen LogP) is -0.183. The molecule has 0 saturated carbocycles. The lowest BCUT2D eigenvalue weighted by atomic mass is 10.3. The molecule has 2 rings (SSSR count). The Morgan fingerprint density at radius 1 is 1.39 bits per heavy atom. The molecule has 120 valence electrons. The number of nitrogens with one attached hydrogen (secondary N) is 1. The smallest absolute Gasteiger partial charge is 0.269 e. The Morgan fingerprint density at radius 2 is 2.04 bits per heavy atom. The number of nitriles is 1. The van der Waals surface area contributed by atoms with E-state index in [1.165, 1.54) is 0 Å². The summed E-state index contributed by atoms with van der Waals surface area (Å²) in [6, 6.07) is 6.02. The number of rotatable bonds is 6. The van der Waals surface area contributed by atoms with Gasteiger partial charge in [0.25, 0.3) is 15.7 Å². The van der Waals surface area contributed by atoms with Gasteiger partial charge in [-0.2, -0.15) is 5.26 Å². The number of nitro groups is 1. The summed E-state index contributed by atoms with van der Waals surface area (Å²) in [5.41, 5.74) is 4.94. The molecule has 3 N–H and O–H groups in total. The zero-order valence-electron chi connectivity index (χ0n) is 11.6. The van der Waals surface area contributed by atoms with Gasteiger partial charge in [0, 0.05) is 18.7 Å². The van der Waals surface area contributed by atoms with E-state index in [0.717, 1.165) is 28.9 Å². The van der Waals surface area contributed by atoms with Gasteiger partial charge in [0.2, 0.25) is 5.69 Å². The molecule has 12 heteroatoms. The van der Waals surface area contributed by atoms with Crippen LogP contribution in [0.25, 0.3) is 0 Å². The Balaban J connectivity index is 2.37. The van der Waals surface area contributed by atoms with Gasteiger partial charge < -0.3 is 5.73 Å². The molecule has 0 spiro atoms. The average molecular weight is 337 g/mol. The molecule has 1 aromatic carbocycles. The number of hydrogen-bond donors (Lipinski definition) is 2. The van der Waals surface area contributed by atoms with Crippen LogP contribution in [0.1, 0.15) is 5.69 Å². The third-order valence-corrected chi connectivity index (χ3v) is 4.13. The van der Waals surface area contributed by atoms with E-state index in [4.69, 9.17) is 11.0 Å². The van der Waals surface area contributed by atoms with Crippen LogP contribution in [0.15, 0.2) is 29.2 Å². The zero-order chi connectivity index (χ0) is 17.0. The number of hydrogen-bond acceptors (Lipinski definition) is 8. The van der Waals surface area contributed by atoms with Gasteiger partial charge in [-0.05, 0) is 12.1 Å². The fourth-order valence-corrected chi connectivity index (χ4v) is 2.77. The van der Waals surface area contributed by atoms with Gasteiger partial charge in [-0.15, -0.1) is 5.10 Å². The van der Waals surface area contributed by atoms with E-state index in [9.17, 15) is 18.5 Å². The second-order valence-corrected chi connectivity index (χ2v) is 5.95. The summed E-state index contributed by atoms with van der Waals surface area (Å²) in [5.74, 6) is -0.115. The highest BCUT2D eigenvalue weighted by Crippen LogP contribution is 2.20. The highest BCUT2D eigenvalue weighted by molar-refractivity contribution is 7.92. The van der Waals surface area contributed by atoms with Crippen molar-refractivity contribution in [3.63, 3.8) is 0 Å². The maximum absolute atomic E-state index is 12.3. The number of benzene rings is 1. The molecule has 0 atom stereocenters. The minimum atomic E-state index is -4.06. The van der Waals surface area contributed by atoms with Crippen molar-refractivity contribution in [2.24, 2.45) is 5.73 Å². The molecule has 0 amide bonds. The summed E-state index contributed by atoms with van der Waals surface area (Å²) in [4.78, 5) is 9.75. The summed E-state index contributed by atoms with van der Waals surface area (Å²) in [5, 5.41) is 26.7. The van der Waals surface area contributed by atoms with Gasteiger partial charge in [-0.3, -0.25) is 14.8 Å². The van der Waals surface area contributed by atoms with Crippen molar-refractivity contribution in [2.45, 2.75) is 11.4 Å². The Hall–Kier alpha value is -3.04. The molecule has 1 aromatic heterocycles. The standard InChI is InChI=1S/C11H11N7O4S/c12-5-6-17-11(10(7-13)14-16-17)15-23(21,22)9-3-1-8(2-4-9)18(19)20/h1-4,15H,5-6,12H2. The largest absolute Gasteiger partial charge is 0.329 e. The predicted molar refractivity (Wildman–Crippen MR) is 77.7 cm³/mol. The third kappa shape index (κ3) is 3.42. The summed E-state index contributed by atoms with van der Waals surface area (Å²) < 4.78 is 28.0. The van der Waals surface area contributed by atoms with Crippen molar-refractivity contribution in [3.8, 4) is 6.07 Å². The number of aromatic nitrogens is 3. The van der Waals surface area contributed by atoms with E-state index in [1.54, 1.807) is 6.07 Å². The Kier molecular flexibility index (Phi) is 4.53. The molecule has 0 bridgehead atoms. The zero-order valence-corrected chi connectivity index (χ0v) is 12.4. The highest BCUT2D eigenvalue weighted by atomic mass is 32.2. The van der Waals surface area contributed by atoms with Gasteiger partial charge in [0.1, 0.15) is 6.07 Å². The van der Waals surface area contributed by atoms with E-state index in [1.807, 2.05) is 0 Å². The van der Waals surface area contributed by atoms with Gasteiger partial charge in [-0.1, -0.05) is 5.21 Å². The molecular weight excluding hydrogens is 326 g/mol. The first kappa shape index (κ1) is 16.3. The van der Waals surface area contributed by atoms with Gasteiger partial charge >= 0.3 is 0 Å². The number of nitrogens with zero attached hydrogens (tertiary/aromatic N) is 5. The van der Waals surface area contributed by atoms with Crippen molar-refractivity contribution in [1.82, 2.24) is 15.0 Å². The van der Waals surface area contributed by atoms with Crippen LogP contribution in [0.4, 0.5) is 11.5 Å². The topological polar surface area (TPSA) is 170 Å². The van der Waals surface area contributed by atoms with Crippen LogP contribution in [0.2, 0.25) is 0 Å². The van der Waals surface area contributed by atoms with Crippen LogP contribution in [-0.2, 0) is 16.6 Å². The van der Waals surface area contributed by atoms with Crippen LogP contribution in [0, 0.1) is 21.4 Å². The quantitative estimate of drug-likeness (QED) is 0.539. The van der Waals surface area contributed by atoms with Gasteiger partial charge in [-0.25, -0.2) is 13.1 Å². The maximum Gasteiger partial charge on any atom is 0.269 e. The van der Waals surface area contributed by atoms with Gasteiger partial charge in [0.15, 0.2) is 5.82 Å². The van der Waals surface area contributed by atoms with Crippen LogP contribution in [0.5, 0.6) is 0 Å². The second kappa shape index (κ2) is 6.38. The van der Waals surface area contributed by atoms with Crippen molar-refractivity contribution in [2.75, 3.05) is 11.3 Å². The number of sulfonamides is 1. The molecule has 0 aliphatic carbocycles. The van der Waals surface area contributed by atoms with Crippen molar-refractivity contribution >= 4 is 21.5 Å². The molecule has 2 aromatic rings. The molecule has 0 aliphatic rings. The van der Waals surface area contributed by atoms with Crippen molar-refractivity contribution in [1.29, 1.82) is 5.26 Å². The SMILES string of the molecule is N#Cc1nnn(CCN)c1NS(=O)(=O)c1ccc([N+](=O)[O-])cc1. The molecule has 0 unspecified atom stereocenters. The summed E-state index contributed by atoms with van der Waals surface area (Å²) >= 11 is 0. The Bertz CT molecular complexity index is 867. The maximum atomic E-state index is 12.3. The van der Waals surface area contributed by atoms with Crippen LogP contribution >= 0.6 is 0 Å². The van der Waals surface area contributed by atoms with Gasteiger partial charge in [0.05, 0.1) is 16.4 Å². The fraction of sp³-hybridized carbons (Fsp3) is 0.182. The number of anilines is 1. The van der Waals surface area contributed by atoms with E-state index in [2.05, 4.69) is 15.0 Å². The number of nitrogens with two attached hydrogens (primary N) is 1. The molecule has 23 heavy (non-hydrogen) atoms.